The fraction of sp³-hybridized carbons (Fsp3) is 0.889. The Morgan fingerprint density at radius 3 is 2.77 bits per heavy atom. The van der Waals surface area contributed by atoms with E-state index in [2.05, 4.69) is 5.32 Å². The minimum absolute atomic E-state index is 0.0500. The molecule has 0 aromatic carbocycles. The Labute approximate surface area is 83.6 Å². The molecule has 1 N–H and O–H groups in total. The summed E-state index contributed by atoms with van der Waals surface area (Å²) in [5.41, 5.74) is 0. The first kappa shape index (κ1) is 10.9. The molecule has 13 heavy (non-hydrogen) atoms. The minimum Gasteiger partial charge on any atom is -0.379 e. The lowest BCUT2D eigenvalue weighted by molar-refractivity contribution is 0.0465. The third-order valence-electron chi connectivity index (χ3n) is 2.49. The zero-order valence-corrected chi connectivity index (χ0v) is 9.02. The number of hydrogen-bond acceptors (Lipinski definition) is 3. The van der Waals surface area contributed by atoms with E-state index >= 15 is 0 Å². The van der Waals surface area contributed by atoms with Crippen molar-refractivity contribution in [3.05, 3.63) is 0 Å². The van der Waals surface area contributed by atoms with Crippen molar-refractivity contribution in [1.82, 2.24) is 5.32 Å². The van der Waals surface area contributed by atoms with Crippen LogP contribution in [0.1, 0.15) is 25.7 Å². The van der Waals surface area contributed by atoms with Crippen molar-refractivity contribution in [3.8, 4) is 0 Å². The van der Waals surface area contributed by atoms with Crippen molar-refractivity contribution in [2.75, 3.05) is 13.4 Å². The monoisotopic (exact) mass is 203 g/mol. The van der Waals surface area contributed by atoms with Crippen LogP contribution in [0, 0.1) is 0 Å². The first-order chi connectivity index (χ1) is 6.27. The van der Waals surface area contributed by atoms with E-state index in [1.165, 1.54) is 24.6 Å². The lowest BCUT2D eigenvalue weighted by atomic mass is 9.93. The van der Waals surface area contributed by atoms with Crippen molar-refractivity contribution in [2.24, 2.45) is 0 Å². The highest BCUT2D eigenvalue weighted by atomic mass is 32.2. The van der Waals surface area contributed by atoms with E-state index in [1.54, 1.807) is 13.4 Å². The molecule has 0 radical (unpaired) electrons. The van der Waals surface area contributed by atoms with Gasteiger partial charge in [-0.2, -0.15) is 0 Å². The molecule has 1 aliphatic rings. The van der Waals surface area contributed by atoms with E-state index in [0.717, 1.165) is 12.8 Å². The number of carbonyl (C=O) groups excluding carboxylic acids is 1. The van der Waals surface area contributed by atoms with Crippen molar-refractivity contribution < 1.29 is 9.53 Å². The average molecular weight is 203 g/mol. The number of thioether (sulfide) groups is 1. The van der Waals surface area contributed by atoms with E-state index in [9.17, 15) is 4.79 Å². The quantitative estimate of drug-likeness (QED) is 0.746. The van der Waals surface area contributed by atoms with Crippen LogP contribution in [0.3, 0.4) is 0 Å². The van der Waals surface area contributed by atoms with Gasteiger partial charge in [0.25, 0.3) is 5.24 Å². The molecule has 0 aromatic heterocycles. The van der Waals surface area contributed by atoms with Crippen molar-refractivity contribution in [3.63, 3.8) is 0 Å². The first-order valence-corrected chi connectivity index (χ1v) is 5.87. The Bertz CT molecular complexity index is 175. The van der Waals surface area contributed by atoms with Crippen molar-refractivity contribution >= 4 is 17.0 Å². The normalized spacial score (nSPS) is 28.5. The van der Waals surface area contributed by atoms with Crippen LogP contribution in [-0.4, -0.2) is 30.8 Å². The fourth-order valence-electron chi connectivity index (χ4n) is 1.75. The summed E-state index contributed by atoms with van der Waals surface area (Å²) < 4.78 is 5.33. The Kier molecular flexibility index (Phi) is 4.59. The summed E-state index contributed by atoms with van der Waals surface area (Å²) in [5, 5.41) is 3.02. The molecule has 3 nitrogen and oxygen atoms in total. The van der Waals surface area contributed by atoms with Gasteiger partial charge in [0, 0.05) is 7.11 Å². The number of carbonyl (C=O) groups is 1. The maximum Gasteiger partial charge on any atom is 0.279 e. The molecule has 0 spiro atoms. The largest absolute Gasteiger partial charge is 0.379 e. The highest BCUT2D eigenvalue weighted by molar-refractivity contribution is 8.12. The van der Waals surface area contributed by atoms with Gasteiger partial charge >= 0.3 is 0 Å². The molecule has 1 saturated carbocycles. The topological polar surface area (TPSA) is 38.3 Å². The average Bonchev–Trinajstić information content (AvgIpc) is 2.18. The van der Waals surface area contributed by atoms with Crippen LogP contribution >= 0.6 is 11.8 Å². The molecule has 76 valence electrons. The first-order valence-electron chi connectivity index (χ1n) is 4.65. The summed E-state index contributed by atoms with van der Waals surface area (Å²) in [4.78, 5) is 11.1. The number of hydrogen-bond donors (Lipinski definition) is 1. The summed E-state index contributed by atoms with van der Waals surface area (Å²) in [6.07, 6.45) is 6.52. The van der Waals surface area contributed by atoms with Crippen LogP contribution in [0.25, 0.3) is 0 Å². The number of rotatable bonds is 2. The fourth-order valence-corrected chi connectivity index (χ4v) is 2.02. The summed E-state index contributed by atoms with van der Waals surface area (Å²) in [6, 6.07) is 0.221. The molecule has 2 unspecified atom stereocenters. The zero-order chi connectivity index (χ0) is 9.68. The molecular formula is C9H17NO2S. The Morgan fingerprint density at radius 1 is 1.46 bits per heavy atom. The summed E-state index contributed by atoms with van der Waals surface area (Å²) in [7, 11) is 1.72. The second-order valence-electron chi connectivity index (χ2n) is 3.30. The summed E-state index contributed by atoms with van der Waals surface area (Å²) in [6.45, 7) is 0. The Morgan fingerprint density at radius 2 is 2.15 bits per heavy atom. The standard InChI is InChI=1S/C9H17NO2S/c1-12-8-6-4-3-5-7(8)10-9(11)13-2/h7-8H,3-6H2,1-2H3,(H,10,11). The predicted molar refractivity (Wildman–Crippen MR) is 55.1 cm³/mol. The molecule has 2 atom stereocenters. The van der Waals surface area contributed by atoms with E-state index in [4.69, 9.17) is 4.74 Å². The molecule has 1 fully saturated rings. The second kappa shape index (κ2) is 5.50. The van der Waals surface area contributed by atoms with Gasteiger partial charge in [0.05, 0.1) is 12.1 Å². The molecular weight excluding hydrogens is 186 g/mol. The molecule has 1 rings (SSSR count). The Hall–Kier alpha value is -0.220. The highest BCUT2D eigenvalue weighted by Gasteiger charge is 2.25. The molecule has 4 heteroatoms. The molecule has 0 bridgehead atoms. The lowest BCUT2D eigenvalue weighted by Gasteiger charge is -2.30. The van der Waals surface area contributed by atoms with E-state index in [0.29, 0.717) is 0 Å². The van der Waals surface area contributed by atoms with Gasteiger partial charge in [-0.3, -0.25) is 4.79 Å². The second-order valence-corrected chi connectivity index (χ2v) is 4.08. The zero-order valence-electron chi connectivity index (χ0n) is 8.21. The Balaban J connectivity index is 2.40. The summed E-state index contributed by atoms with van der Waals surface area (Å²) >= 11 is 1.23. The van der Waals surface area contributed by atoms with Crippen molar-refractivity contribution in [1.29, 1.82) is 0 Å². The molecule has 0 aromatic rings. The summed E-state index contributed by atoms with van der Waals surface area (Å²) in [5.74, 6) is 0. The molecule has 1 amide bonds. The maximum atomic E-state index is 11.1. The van der Waals surface area contributed by atoms with Gasteiger partial charge < -0.3 is 10.1 Å². The van der Waals surface area contributed by atoms with Crippen LogP contribution in [0.5, 0.6) is 0 Å². The maximum absolute atomic E-state index is 11.1. The van der Waals surface area contributed by atoms with Gasteiger partial charge in [-0.1, -0.05) is 24.6 Å². The SMILES string of the molecule is COC1CCCCC1NC(=O)SC. The van der Waals surface area contributed by atoms with Gasteiger partial charge in [0.15, 0.2) is 0 Å². The van der Waals surface area contributed by atoms with Crippen LogP contribution in [0.2, 0.25) is 0 Å². The number of nitrogens with one attached hydrogen (secondary N) is 1. The van der Waals surface area contributed by atoms with Crippen LogP contribution in [-0.2, 0) is 4.74 Å². The molecule has 0 heterocycles. The number of amides is 1. The van der Waals surface area contributed by atoms with Gasteiger partial charge in [0.1, 0.15) is 0 Å². The van der Waals surface area contributed by atoms with Crippen LogP contribution < -0.4 is 5.32 Å². The van der Waals surface area contributed by atoms with Crippen LogP contribution in [0.15, 0.2) is 0 Å². The highest BCUT2D eigenvalue weighted by Crippen LogP contribution is 2.21. The predicted octanol–water partition coefficient (Wildman–Crippen LogP) is 2.02. The van der Waals surface area contributed by atoms with Gasteiger partial charge in [-0.25, -0.2) is 0 Å². The van der Waals surface area contributed by atoms with Gasteiger partial charge in [-0.15, -0.1) is 0 Å². The van der Waals surface area contributed by atoms with Crippen LogP contribution in [0.4, 0.5) is 4.79 Å². The molecule has 0 aliphatic heterocycles. The van der Waals surface area contributed by atoms with E-state index < -0.39 is 0 Å². The minimum atomic E-state index is 0.0500. The van der Waals surface area contributed by atoms with Gasteiger partial charge in [-0.05, 0) is 19.1 Å². The van der Waals surface area contributed by atoms with E-state index in [1.807, 2.05) is 0 Å². The number of ether oxygens (including phenoxy) is 1. The lowest BCUT2D eigenvalue weighted by Crippen LogP contribution is -2.44. The third kappa shape index (κ3) is 3.19. The third-order valence-corrected chi connectivity index (χ3v) is 2.98. The molecule has 0 saturated heterocycles. The van der Waals surface area contributed by atoms with Crippen molar-refractivity contribution in [2.45, 2.75) is 37.8 Å². The smallest absolute Gasteiger partial charge is 0.279 e. The number of methoxy groups -OCH3 is 1. The van der Waals surface area contributed by atoms with Gasteiger partial charge in [0.2, 0.25) is 0 Å². The van der Waals surface area contributed by atoms with E-state index in [-0.39, 0.29) is 17.4 Å². The molecule has 1 aliphatic carbocycles.